The average molecular weight is 491 g/mol. The van der Waals surface area contributed by atoms with Gasteiger partial charge in [-0.3, -0.25) is 4.79 Å². The maximum absolute atomic E-state index is 14.2. The first-order valence-electron chi connectivity index (χ1n) is 10.2. The molecule has 0 aromatic heterocycles. The first kappa shape index (κ1) is 23.2. The molecule has 0 atom stereocenters. The first-order valence-corrected chi connectivity index (χ1v) is 12.5. The van der Waals surface area contributed by atoms with Gasteiger partial charge in [0.2, 0.25) is 0 Å². The van der Waals surface area contributed by atoms with Gasteiger partial charge in [-0.2, -0.15) is 0 Å². The standard InChI is InChI=1S/C24H21ClF2N2O3S/c1-33(31,32)19-7-8-20(16-2-4-17(25)5-3-16)21(15-19)24(30)29-12-10-28(11-13-29)23-9-6-18(26)14-22(23)27/h2-9,14-15H,10-13H2,1H3. The van der Waals surface area contributed by atoms with Crippen LogP contribution in [0.3, 0.4) is 0 Å². The van der Waals surface area contributed by atoms with Crippen molar-refractivity contribution in [3.05, 3.63) is 82.9 Å². The van der Waals surface area contributed by atoms with E-state index in [0.717, 1.165) is 17.9 Å². The second-order valence-corrected chi connectivity index (χ2v) is 10.3. The summed E-state index contributed by atoms with van der Waals surface area (Å²) in [5.74, 6) is -1.61. The Morgan fingerprint density at radius 2 is 1.58 bits per heavy atom. The van der Waals surface area contributed by atoms with Crippen molar-refractivity contribution in [3.63, 3.8) is 0 Å². The van der Waals surface area contributed by atoms with Crippen molar-refractivity contribution in [2.24, 2.45) is 0 Å². The third-order valence-electron chi connectivity index (χ3n) is 5.62. The number of anilines is 1. The number of piperazine rings is 1. The van der Waals surface area contributed by atoms with Crippen LogP contribution in [0.25, 0.3) is 11.1 Å². The topological polar surface area (TPSA) is 57.7 Å². The smallest absolute Gasteiger partial charge is 0.254 e. The van der Waals surface area contributed by atoms with Gasteiger partial charge >= 0.3 is 0 Å². The zero-order valence-corrected chi connectivity index (χ0v) is 19.3. The minimum atomic E-state index is -3.52. The number of halogens is 3. The highest BCUT2D eigenvalue weighted by Gasteiger charge is 2.26. The monoisotopic (exact) mass is 490 g/mol. The summed E-state index contributed by atoms with van der Waals surface area (Å²) < 4.78 is 51.6. The molecule has 1 heterocycles. The highest BCUT2D eigenvalue weighted by Crippen LogP contribution is 2.29. The number of amides is 1. The van der Waals surface area contributed by atoms with Crippen LogP contribution in [0.4, 0.5) is 14.5 Å². The summed E-state index contributed by atoms with van der Waals surface area (Å²) in [4.78, 5) is 16.9. The molecular weight excluding hydrogens is 470 g/mol. The van der Waals surface area contributed by atoms with Crippen LogP contribution in [0.15, 0.2) is 65.6 Å². The summed E-state index contributed by atoms with van der Waals surface area (Å²) >= 11 is 5.99. The molecule has 0 radical (unpaired) electrons. The minimum absolute atomic E-state index is 0.0515. The Bertz CT molecular complexity index is 1310. The molecule has 0 aliphatic carbocycles. The van der Waals surface area contributed by atoms with Gasteiger partial charge in [0.15, 0.2) is 9.84 Å². The lowest BCUT2D eigenvalue weighted by Crippen LogP contribution is -2.49. The number of hydrogen-bond donors (Lipinski definition) is 0. The number of benzene rings is 3. The van der Waals surface area contributed by atoms with Crippen LogP contribution in [-0.4, -0.2) is 51.7 Å². The Kier molecular flexibility index (Phi) is 6.41. The average Bonchev–Trinajstić information content (AvgIpc) is 2.78. The van der Waals surface area contributed by atoms with Gasteiger partial charge in [-0.05, 0) is 47.5 Å². The number of sulfone groups is 1. The largest absolute Gasteiger partial charge is 0.366 e. The van der Waals surface area contributed by atoms with Gasteiger partial charge < -0.3 is 9.80 Å². The van der Waals surface area contributed by atoms with Gasteiger partial charge in [-0.15, -0.1) is 0 Å². The summed E-state index contributed by atoms with van der Waals surface area (Å²) in [6.07, 6.45) is 1.09. The number of nitrogens with zero attached hydrogens (tertiary/aromatic N) is 2. The molecule has 3 aromatic carbocycles. The molecule has 3 aromatic rings. The van der Waals surface area contributed by atoms with Crippen molar-refractivity contribution in [1.29, 1.82) is 0 Å². The zero-order chi connectivity index (χ0) is 23.8. The number of rotatable bonds is 4. The Hall–Kier alpha value is -2.97. The van der Waals surface area contributed by atoms with E-state index in [-0.39, 0.29) is 22.1 Å². The van der Waals surface area contributed by atoms with Crippen LogP contribution >= 0.6 is 11.6 Å². The Balaban J connectivity index is 1.62. The molecule has 33 heavy (non-hydrogen) atoms. The van der Waals surface area contributed by atoms with Crippen molar-refractivity contribution in [2.75, 3.05) is 37.3 Å². The van der Waals surface area contributed by atoms with Crippen LogP contribution in [-0.2, 0) is 9.84 Å². The van der Waals surface area contributed by atoms with Crippen molar-refractivity contribution >= 4 is 33.0 Å². The molecular formula is C24H21ClF2N2O3S. The van der Waals surface area contributed by atoms with Gasteiger partial charge in [0.25, 0.3) is 5.91 Å². The molecule has 0 unspecified atom stereocenters. The Labute approximate surface area is 196 Å². The maximum atomic E-state index is 14.2. The lowest BCUT2D eigenvalue weighted by Gasteiger charge is -2.36. The third-order valence-corrected chi connectivity index (χ3v) is 6.98. The van der Waals surface area contributed by atoms with E-state index in [1.54, 1.807) is 40.1 Å². The predicted molar refractivity (Wildman–Crippen MR) is 124 cm³/mol. The van der Waals surface area contributed by atoms with Crippen molar-refractivity contribution in [1.82, 2.24) is 4.90 Å². The summed E-state index contributed by atoms with van der Waals surface area (Å²) in [6.45, 7) is 1.32. The highest BCUT2D eigenvalue weighted by molar-refractivity contribution is 7.90. The van der Waals surface area contributed by atoms with Crippen LogP contribution in [0.5, 0.6) is 0 Å². The van der Waals surface area contributed by atoms with E-state index in [2.05, 4.69) is 0 Å². The van der Waals surface area contributed by atoms with E-state index in [4.69, 9.17) is 11.6 Å². The van der Waals surface area contributed by atoms with E-state index in [1.165, 1.54) is 24.3 Å². The summed E-state index contributed by atoms with van der Waals surface area (Å²) in [5, 5.41) is 0.545. The van der Waals surface area contributed by atoms with Crippen molar-refractivity contribution < 1.29 is 22.0 Å². The molecule has 1 saturated heterocycles. The first-order chi connectivity index (χ1) is 15.6. The van der Waals surface area contributed by atoms with E-state index >= 15 is 0 Å². The summed E-state index contributed by atoms with van der Waals surface area (Å²) in [6, 6.07) is 14.9. The summed E-state index contributed by atoms with van der Waals surface area (Å²) in [7, 11) is -3.52. The number of hydrogen-bond acceptors (Lipinski definition) is 4. The van der Waals surface area contributed by atoms with Crippen LogP contribution in [0.1, 0.15) is 10.4 Å². The van der Waals surface area contributed by atoms with Crippen molar-refractivity contribution in [2.45, 2.75) is 4.90 Å². The quantitative estimate of drug-likeness (QED) is 0.534. The molecule has 0 N–H and O–H groups in total. The predicted octanol–water partition coefficient (Wildman–Crippen LogP) is 4.65. The number of carbonyl (C=O) groups is 1. The van der Waals surface area contributed by atoms with E-state index in [9.17, 15) is 22.0 Å². The number of carbonyl (C=O) groups excluding carboxylic acids is 1. The van der Waals surface area contributed by atoms with E-state index in [1.807, 2.05) is 0 Å². The minimum Gasteiger partial charge on any atom is -0.366 e. The maximum Gasteiger partial charge on any atom is 0.254 e. The molecule has 9 heteroatoms. The molecule has 1 aliphatic rings. The molecule has 0 bridgehead atoms. The van der Waals surface area contributed by atoms with Gasteiger partial charge in [-0.25, -0.2) is 17.2 Å². The van der Waals surface area contributed by atoms with Crippen LogP contribution in [0, 0.1) is 11.6 Å². The van der Waals surface area contributed by atoms with E-state index < -0.39 is 21.5 Å². The van der Waals surface area contributed by atoms with Gasteiger partial charge in [0.05, 0.1) is 10.6 Å². The molecule has 1 aliphatic heterocycles. The molecule has 0 saturated carbocycles. The third kappa shape index (κ3) is 5.02. The van der Waals surface area contributed by atoms with Gasteiger partial charge in [-0.1, -0.05) is 29.8 Å². The zero-order valence-electron chi connectivity index (χ0n) is 17.8. The highest BCUT2D eigenvalue weighted by atomic mass is 35.5. The fourth-order valence-corrected chi connectivity index (χ4v) is 4.64. The normalized spacial score (nSPS) is 14.4. The fraction of sp³-hybridized carbons (Fsp3) is 0.208. The van der Waals surface area contributed by atoms with Gasteiger partial charge in [0.1, 0.15) is 11.6 Å². The van der Waals surface area contributed by atoms with Crippen LogP contribution < -0.4 is 4.90 Å². The summed E-state index contributed by atoms with van der Waals surface area (Å²) in [5.41, 5.74) is 1.87. The lowest BCUT2D eigenvalue weighted by molar-refractivity contribution is 0.0747. The van der Waals surface area contributed by atoms with Gasteiger partial charge in [0, 0.05) is 49.1 Å². The SMILES string of the molecule is CS(=O)(=O)c1ccc(-c2ccc(Cl)cc2)c(C(=O)N2CCN(c3ccc(F)cc3F)CC2)c1. The fourth-order valence-electron chi connectivity index (χ4n) is 3.87. The van der Waals surface area contributed by atoms with Crippen LogP contribution in [0.2, 0.25) is 5.02 Å². The van der Waals surface area contributed by atoms with Crippen molar-refractivity contribution in [3.8, 4) is 11.1 Å². The second-order valence-electron chi connectivity index (χ2n) is 7.86. The Morgan fingerprint density at radius 3 is 2.18 bits per heavy atom. The Morgan fingerprint density at radius 1 is 0.909 bits per heavy atom. The molecule has 1 fully saturated rings. The molecule has 0 spiro atoms. The molecule has 1 amide bonds. The molecule has 4 rings (SSSR count). The lowest BCUT2D eigenvalue weighted by atomic mass is 9.98. The van der Waals surface area contributed by atoms with E-state index in [0.29, 0.717) is 36.8 Å². The molecule has 5 nitrogen and oxygen atoms in total. The molecule has 172 valence electrons. The second kappa shape index (κ2) is 9.11.